The summed E-state index contributed by atoms with van der Waals surface area (Å²) in [5, 5.41) is 15.7. The zero-order valence-corrected chi connectivity index (χ0v) is 13.5. The maximum absolute atomic E-state index is 10.8. The highest BCUT2D eigenvalue weighted by atomic mass is 16.5. The number of rotatable bonds is 2. The maximum atomic E-state index is 10.8. The molecule has 3 atom stereocenters. The zero-order chi connectivity index (χ0) is 16.0. The molecule has 124 valence electrons. The third-order valence-corrected chi connectivity index (χ3v) is 5.31. The first-order valence-electron chi connectivity index (χ1n) is 8.21. The van der Waals surface area contributed by atoms with E-state index in [1.54, 1.807) is 0 Å². The van der Waals surface area contributed by atoms with Gasteiger partial charge in [-0.2, -0.15) is 4.98 Å². The molecule has 2 aliphatic heterocycles. The summed E-state index contributed by atoms with van der Waals surface area (Å²) in [6, 6.07) is 0.206. The number of nitrogens with zero attached hydrogens (tertiary/aromatic N) is 4. The molecule has 7 heteroatoms. The molecule has 0 bridgehead atoms. The fourth-order valence-corrected chi connectivity index (χ4v) is 3.97. The van der Waals surface area contributed by atoms with Crippen LogP contribution in [0.1, 0.15) is 31.9 Å². The predicted octanol–water partition coefficient (Wildman–Crippen LogP) is 1.68. The third kappa shape index (κ3) is 2.38. The minimum absolute atomic E-state index is 0.0731. The summed E-state index contributed by atoms with van der Waals surface area (Å²) in [6.07, 6.45) is 4.30. The van der Waals surface area contributed by atoms with Gasteiger partial charge >= 0.3 is 0 Å². The van der Waals surface area contributed by atoms with Crippen molar-refractivity contribution < 1.29 is 14.4 Å². The Balaban J connectivity index is 1.74. The highest BCUT2D eigenvalue weighted by molar-refractivity contribution is 5.88. The van der Waals surface area contributed by atoms with Crippen LogP contribution in [0, 0.1) is 12.8 Å². The van der Waals surface area contributed by atoms with E-state index in [0.29, 0.717) is 25.3 Å². The van der Waals surface area contributed by atoms with E-state index in [9.17, 15) is 5.11 Å². The highest BCUT2D eigenvalue weighted by Gasteiger charge is 2.45. The average Bonchev–Trinajstić information content (AvgIpc) is 3.14. The summed E-state index contributed by atoms with van der Waals surface area (Å²) >= 11 is 0. The van der Waals surface area contributed by atoms with Gasteiger partial charge in [0.2, 0.25) is 0 Å². The van der Waals surface area contributed by atoms with E-state index in [1.165, 1.54) is 6.33 Å². The topological polar surface area (TPSA) is 84.5 Å². The molecule has 2 aromatic rings. The molecule has 2 saturated heterocycles. The van der Waals surface area contributed by atoms with Crippen LogP contribution >= 0.6 is 0 Å². The number of aliphatic hydroxyl groups is 1. The molecule has 2 aromatic heterocycles. The van der Waals surface area contributed by atoms with E-state index in [0.717, 1.165) is 36.3 Å². The summed E-state index contributed by atoms with van der Waals surface area (Å²) in [6.45, 7) is 5.96. The van der Waals surface area contributed by atoms with E-state index in [1.807, 2.05) is 13.8 Å². The highest BCUT2D eigenvalue weighted by Crippen LogP contribution is 2.39. The molecule has 0 amide bonds. The van der Waals surface area contributed by atoms with Crippen molar-refractivity contribution in [1.29, 1.82) is 0 Å². The molecule has 0 aliphatic carbocycles. The lowest BCUT2D eigenvalue weighted by Crippen LogP contribution is -2.52. The van der Waals surface area contributed by atoms with Gasteiger partial charge in [-0.25, -0.2) is 4.98 Å². The quantitative estimate of drug-likeness (QED) is 0.901. The minimum Gasteiger partial charge on any atom is -0.390 e. The van der Waals surface area contributed by atoms with Crippen LogP contribution in [0.15, 0.2) is 10.9 Å². The van der Waals surface area contributed by atoms with Gasteiger partial charge < -0.3 is 19.3 Å². The van der Waals surface area contributed by atoms with Crippen molar-refractivity contribution in [1.82, 2.24) is 15.1 Å². The van der Waals surface area contributed by atoms with Crippen molar-refractivity contribution in [3.63, 3.8) is 0 Å². The largest absolute Gasteiger partial charge is 0.390 e. The van der Waals surface area contributed by atoms with Gasteiger partial charge in [0.25, 0.3) is 5.71 Å². The Bertz CT molecular complexity index is 714. The molecule has 2 fully saturated rings. The van der Waals surface area contributed by atoms with Crippen molar-refractivity contribution in [2.24, 2.45) is 5.92 Å². The smallest absolute Gasteiger partial charge is 0.263 e. The molecule has 23 heavy (non-hydrogen) atoms. The van der Waals surface area contributed by atoms with Gasteiger partial charge in [0.15, 0.2) is 0 Å². The molecule has 4 heterocycles. The van der Waals surface area contributed by atoms with Crippen molar-refractivity contribution in [2.75, 3.05) is 24.7 Å². The van der Waals surface area contributed by atoms with Crippen LogP contribution in [0.25, 0.3) is 11.1 Å². The van der Waals surface area contributed by atoms with Crippen LogP contribution in [0.3, 0.4) is 0 Å². The standard InChI is InChI=1S/C16H22N4O3/c1-10-13-14(17-9-18-15(13)23-19-10)20-6-3-4-12(20)11-8-22-7-5-16(11,2)21/h9,11-12,21H,3-8H2,1-2H3/t11-,12+,16+/m0/s1. The lowest BCUT2D eigenvalue weighted by molar-refractivity contribution is -0.108. The van der Waals surface area contributed by atoms with Crippen LogP contribution in [-0.4, -0.2) is 51.6 Å². The number of hydrogen-bond donors (Lipinski definition) is 1. The van der Waals surface area contributed by atoms with Gasteiger partial charge in [-0.05, 0) is 33.1 Å². The van der Waals surface area contributed by atoms with Gasteiger partial charge in [-0.1, -0.05) is 5.16 Å². The van der Waals surface area contributed by atoms with E-state index >= 15 is 0 Å². The van der Waals surface area contributed by atoms with Crippen molar-refractivity contribution in [3.8, 4) is 0 Å². The summed E-state index contributed by atoms with van der Waals surface area (Å²) in [7, 11) is 0. The molecule has 0 unspecified atom stereocenters. The van der Waals surface area contributed by atoms with E-state index in [4.69, 9.17) is 9.26 Å². The second-order valence-electron chi connectivity index (χ2n) is 6.84. The third-order valence-electron chi connectivity index (χ3n) is 5.31. The predicted molar refractivity (Wildman–Crippen MR) is 84.3 cm³/mol. The van der Waals surface area contributed by atoms with Gasteiger partial charge in [0, 0.05) is 25.1 Å². The number of ether oxygens (including phenoxy) is 1. The molecule has 1 N–H and O–H groups in total. The number of aromatic nitrogens is 3. The fraction of sp³-hybridized carbons (Fsp3) is 0.688. The van der Waals surface area contributed by atoms with Crippen LogP contribution in [0.5, 0.6) is 0 Å². The first-order valence-corrected chi connectivity index (χ1v) is 8.21. The molecule has 0 spiro atoms. The SMILES string of the molecule is Cc1noc2ncnc(N3CCC[C@@H]3[C@@H]3COCC[C@@]3(C)O)c12. The second-order valence-corrected chi connectivity index (χ2v) is 6.84. The Morgan fingerprint density at radius 1 is 1.39 bits per heavy atom. The Kier molecular flexibility index (Phi) is 3.50. The monoisotopic (exact) mass is 318 g/mol. The van der Waals surface area contributed by atoms with Gasteiger partial charge in [-0.15, -0.1) is 0 Å². The fourth-order valence-electron chi connectivity index (χ4n) is 3.97. The Morgan fingerprint density at radius 2 is 2.26 bits per heavy atom. The lowest BCUT2D eigenvalue weighted by Gasteiger charge is -2.43. The maximum Gasteiger partial charge on any atom is 0.263 e. The second kappa shape index (κ2) is 5.42. The van der Waals surface area contributed by atoms with Crippen LogP contribution in [0.4, 0.5) is 5.82 Å². The van der Waals surface area contributed by atoms with Crippen molar-refractivity contribution >= 4 is 16.9 Å². The Hall–Kier alpha value is -1.73. The molecule has 0 saturated carbocycles. The van der Waals surface area contributed by atoms with Crippen LogP contribution in [0.2, 0.25) is 0 Å². The molecule has 2 aliphatic rings. The van der Waals surface area contributed by atoms with E-state index in [2.05, 4.69) is 20.0 Å². The van der Waals surface area contributed by atoms with Gasteiger partial charge in [-0.3, -0.25) is 0 Å². The van der Waals surface area contributed by atoms with E-state index in [-0.39, 0.29) is 12.0 Å². The average molecular weight is 318 g/mol. The molecule has 0 aromatic carbocycles. The zero-order valence-electron chi connectivity index (χ0n) is 13.5. The minimum atomic E-state index is -0.707. The lowest BCUT2D eigenvalue weighted by atomic mass is 9.79. The van der Waals surface area contributed by atoms with Crippen molar-refractivity contribution in [2.45, 2.75) is 44.8 Å². The molecule has 7 nitrogen and oxygen atoms in total. The molecule has 0 radical (unpaired) electrons. The van der Waals surface area contributed by atoms with Gasteiger partial charge in [0.1, 0.15) is 17.5 Å². The van der Waals surface area contributed by atoms with Gasteiger partial charge in [0.05, 0.1) is 17.9 Å². The Labute approximate surface area is 134 Å². The van der Waals surface area contributed by atoms with Crippen LogP contribution < -0.4 is 4.90 Å². The summed E-state index contributed by atoms with van der Waals surface area (Å²) in [5.41, 5.74) is 0.610. The number of aryl methyl sites for hydroxylation is 1. The van der Waals surface area contributed by atoms with Crippen LogP contribution in [-0.2, 0) is 4.74 Å². The number of fused-ring (bicyclic) bond motifs is 1. The van der Waals surface area contributed by atoms with E-state index < -0.39 is 5.60 Å². The number of hydrogen-bond acceptors (Lipinski definition) is 7. The first kappa shape index (κ1) is 14.8. The summed E-state index contributed by atoms with van der Waals surface area (Å²) in [4.78, 5) is 10.9. The first-order chi connectivity index (χ1) is 11.1. The van der Waals surface area contributed by atoms with Crippen molar-refractivity contribution in [3.05, 3.63) is 12.0 Å². The molecular formula is C16H22N4O3. The normalized spacial score (nSPS) is 31.9. The number of anilines is 1. The Morgan fingerprint density at radius 3 is 3.09 bits per heavy atom. The summed E-state index contributed by atoms with van der Waals surface area (Å²) in [5.74, 6) is 0.932. The molecular weight excluding hydrogens is 296 g/mol. The molecule has 4 rings (SSSR count). The summed E-state index contributed by atoms with van der Waals surface area (Å²) < 4.78 is 10.9.